The summed E-state index contributed by atoms with van der Waals surface area (Å²) in [5.74, 6) is -0.953. The van der Waals surface area contributed by atoms with Crippen LogP contribution in [-0.2, 0) is 4.79 Å². The van der Waals surface area contributed by atoms with Crippen molar-refractivity contribution >= 4 is 5.97 Å². The Morgan fingerprint density at radius 2 is 1.17 bits per heavy atom. The van der Waals surface area contributed by atoms with E-state index in [-0.39, 0.29) is 70.0 Å². The van der Waals surface area contributed by atoms with Gasteiger partial charge in [0, 0.05) is 18.6 Å². The Kier molecular flexibility index (Phi) is 26.4. The molecule has 0 N–H and O–H groups in total. The fourth-order valence-corrected chi connectivity index (χ4v) is 3.98. The van der Waals surface area contributed by atoms with Crippen molar-refractivity contribution < 1.29 is 61.3 Å². The van der Waals surface area contributed by atoms with E-state index in [1.807, 2.05) is 0 Å². The van der Waals surface area contributed by atoms with Gasteiger partial charge >= 0.3 is 51.4 Å². The molecule has 0 spiro atoms. The zero-order chi connectivity index (χ0) is 21.7. The largest absolute Gasteiger partial charge is 1.00 e. The molecule has 0 saturated carbocycles. The maximum atomic E-state index is 11.5. The molecular formula is C26H48KNO2. The average molecular weight is 446 g/mol. The summed E-state index contributed by atoms with van der Waals surface area (Å²) in [6.45, 7) is 8.88. The van der Waals surface area contributed by atoms with Crippen LogP contribution in [0.4, 0.5) is 0 Å². The van der Waals surface area contributed by atoms with Crippen LogP contribution in [0.25, 0.3) is 0 Å². The molecule has 0 aromatic carbocycles. The normalized spacial score (nSPS) is 13.8. The topological polar surface area (TPSA) is 43.4 Å². The van der Waals surface area contributed by atoms with Crippen LogP contribution in [0.3, 0.4) is 0 Å². The smallest absolute Gasteiger partial charge is 0.549 e. The zero-order valence-electron chi connectivity index (χ0n) is 20.8. The van der Waals surface area contributed by atoms with Crippen LogP contribution < -0.4 is 56.5 Å². The van der Waals surface area contributed by atoms with Gasteiger partial charge in [0.05, 0.1) is 5.97 Å². The first-order chi connectivity index (χ1) is 14.1. The first-order valence-electron chi connectivity index (χ1n) is 12.4. The number of allylic oxidation sites excluding steroid dienone is 2. The number of aliphatic carboxylic acids is 1. The Morgan fingerprint density at radius 3 is 1.50 bits per heavy atom. The second kappa shape index (κ2) is 24.2. The van der Waals surface area contributed by atoms with Crippen molar-refractivity contribution in [3.05, 3.63) is 24.3 Å². The van der Waals surface area contributed by atoms with Gasteiger partial charge in [0.15, 0.2) is 0 Å². The van der Waals surface area contributed by atoms with Gasteiger partial charge in [-0.25, -0.2) is 0 Å². The summed E-state index contributed by atoms with van der Waals surface area (Å²) in [5, 5.41) is 11.5. The minimum Gasteiger partial charge on any atom is -0.549 e. The van der Waals surface area contributed by atoms with Gasteiger partial charge < -0.3 is 9.90 Å². The fraction of sp³-hybridized carbons (Fsp3) is 0.808. The van der Waals surface area contributed by atoms with Gasteiger partial charge in [-0.05, 0) is 51.4 Å². The van der Waals surface area contributed by atoms with Crippen LogP contribution >= 0.6 is 0 Å². The summed E-state index contributed by atoms with van der Waals surface area (Å²) in [7, 11) is 0. The molecule has 0 fully saturated rings. The number of unbranched alkanes of at least 4 members (excludes halogenated alkanes) is 6. The third-order valence-electron chi connectivity index (χ3n) is 5.59. The minimum atomic E-state index is -0.953. The van der Waals surface area contributed by atoms with E-state index >= 15 is 0 Å². The molecule has 0 saturated heterocycles. The molecule has 30 heavy (non-hydrogen) atoms. The van der Waals surface area contributed by atoms with E-state index in [2.05, 4.69) is 56.9 Å². The predicted octanol–water partition coefficient (Wildman–Crippen LogP) is 3.43. The summed E-state index contributed by atoms with van der Waals surface area (Å²) < 4.78 is 0. The number of hydrogen-bond acceptors (Lipinski definition) is 3. The average Bonchev–Trinajstić information content (AvgIpc) is 2.69. The minimum absolute atomic E-state index is 0. The Balaban J connectivity index is 0. The monoisotopic (exact) mass is 445 g/mol. The van der Waals surface area contributed by atoms with E-state index in [0.717, 1.165) is 51.4 Å². The van der Waals surface area contributed by atoms with Crippen LogP contribution in [0.1, 0.15) is 118 Å². The molecule has 0 aromatic rings. The zero-order valence-corrected chi connectivity index (χ0v) is 24.0. The molecule has 0 aromatic heterocycles. The van der Waals surface area contributed by atoms with Gasteiger partial charge in [0.25, 0.3) is 0 Å². The van der Waals surface area contributed by atoms with Crippen LogP contribution in [0.15, 0.2) is 24.3 Å². The number of carbonyl (C=O) groups excluding carboxylic acids is 1. The second-order valence-electron chi connectivity index (χ2n) is 8.34. The third-order valence-corrected chi connectivity index (χ3v) is 5.59. The van der Waals surface area contributed by atoms with Gasteiger partial charge in [-0.3, -0.25) is 4.90 Å². The Morgan fingerprint density at radius 1 is 0.733 bits per heavy atom. The molecule has 0 aliphatic carbocycles. The van der Waals surface area contributed by atoms with Crippen LogP contribution in [0.2, 0.25) is 0 Å². The van der Waals surface area contributed by atoms with E-state index in [1.54, 1.807) is 0 Å². The molecule has 4 heteroatoms. The van der Waals surface area contributed by atoms with E-state index in [9.17, 15) is 9.90 Å². The molecule has 3 nitrogen and oxygen atoms in total. The van der Waals surface area contributed by atoms with E-state index in [1.165, 1.54) is 38.5 Å². The van der Waals surface area contributed by atoms with Gasteiger partial charge in [0.2, 0.25) is 0 Å². The molecule has 170 valence electrons. The molecule has 0 aliphatic rings. The summed E-state index contributed by atoms with van der Waals surface area (Å²) in [5.41, 5.74) is 0. The van der Waals surface area contributed by atoms with Crippen LogP contribution in [0.5, 0.6) is 0 Å². The quantitative estimate of drug-likeness (QED) is 0.164. The van der Waals surface area contributed by atoms with Crippen molar-refractivity contribution in [2.45, 2.75) is 130 Å². The maximum absolute atomic E-state index is 11.5. The van der Waals surface area contributed by atoms with Gasteiger partial charge in [0.1, 0.15) is 0 Å². The standard InChI is InChI=1S/C26H49NO2.K/c1-5-9-11-13-15-17-21-24(19-7-3)27(23-26(28)29)25(20-8-4)22-18-16-14-12-10-6-2;/h15-18,24-25H,5-14,19-23H2,1-4H3,(H,28,29);/q;+1/p-1/b17-15+,18-16+;. The SMILES string of the molecule is CCCCC/C=C/CC(CCC)N(CC(=O)[O-])C(C/C=C/CCCCC)CCC.[K+]. The molecule has 0 aliphatic heterocycles. The van der Waals surface area contributed by atoms with E-state index < -0.39 is 5.97 Å². The Labute approximate surface area is 230 Å². The number of nitrogens with zero attached hydrogens (tertiary/aromatic N) is 1. The first-order valence-corrected chi connectivity index (χ1v) is 12.4. The molecule has 0 rings (SSSR count). The molecule has 0 heterocycles. The van der Waals surface area contributed by atoms with Crippen LogP contribution in [0, 0.1) is 0 Å². The molecule has 0 bridgehead atoms. The summed E-state index contributed by atoms with van der Waals surface area (Å²) >= 11 is 0. The predicted molar refractivity (Wildman–Crippen MR) is 125 cm³/mol. The number of carbonyl (C=O) groups is 1. The van der Waals surface area contributed by atoms with Crippen molar-refractivity contribution in [2.24, 2.45) is 0 Å². The Bertz CT molecular complexity index is 405. The number of carboxylic acids is 1. The number of carboxylic acid groups (broad SMARTS) is 1. The third kappa shape index (κ3) is 18.1. The molecule has 0 amide bonds. The maximum Gasteiger partial charge on any atom is 1.00 e. The first kappa shape index (κ1) is 32.7. The fourth-order valence-electron chi connectivity index (χ4n) is 3.98. The summed E-state index contributed by atoms with van der Waals surface area (Å²) in [6.07, 6.45) is 25.0. The van der Waals surface area contributed by atoms with Gasteiger partial charge in [-0.2, -0.15) is 0 Å². The molecule has 2 unspecified atom stereocenters. The van der Waals surface area contributed by atoms with Crippen molar-refractivity contribution in [3.8, 4) is 0 Å². The van der Waals surface area contributed by atoms with Crippen molar-refractivity contribution in [1.29, 1.82) is 0 Å². The van der Waals surface area contributed by atoms with E-state index in [4.69, 9.17) is 0 Å². The second-order valence-corrected chi connectivity index (χ2v) is 8.34. The van der Waals surface area contributed by atoms with Gasteiger partial charge in [-0.15, -0.1) is 0 Å². The molecular weight excluding hydrogens is 397 g/mol. The molecule has 0 radical (unpaired) electrons. The van der Waals surface area contributed by atoms with Crippen molar-refractivity contribution in [1.82, 2.24) is 4.90 Å². The number of hydrogen-bond donors (Lipinski definition) is 0. The summed E-state index contributed by atoms with van der Waals surface area (Å²) in [4.78, 5) is 13.8. The summed E-state index contributed by atoms with van der Waals surface area (Å²) in [6, 6.07) is 0.565. The number of rotatable bonds is 20. The van der Waals surface area contributed by atoms with Gasteiger partial charge in [-0.1, -0.05) is 90.5 Å². The van der Waals surface area contributed by atoms with E-state index in [0.29, 0.717) is 0 Å². The Hall–Kier alpha value is 0.546. The van der Waals surface area contributed by atoms with Crippen molar-refractivity contribution in [3.63, 3.8) is 0 Å². The molecule has 2 atom stereocenters. The van der Waals surface area contributed by atoms with Crippen LogP contribution in [-0.4, -0.2) is 29.5 Å². The van der Waals surface area contributed by atoms with Crippen molar-refractivity contribution in [2.75, 3.05) is 6.54 Å².